The van der Waals surface area contributed by atoms with Crippen LogP contribution in [0.15, 0.2) is 29.2 Å². The lowest BCUT2D eigenvalue weighted by molar-refractivity contribution is 0.299. The Morgan fingerprint density at radius 1 is 1.15 bits per heavy atom. The first-order chi connectivity index (χ1) is 9.44. The maximum Gasteiger partial charge on any atom is 0.240 e. The van der Waals surface area contributed by atoms with E-state index in [9.17, 15) is 8.42 Å². The lowest BCUT2D eigenvalue weighted by Gasteiger charge is -2.22. The van der Waals surface area contributed by atoms with Crippen molar-refractivity contribution in [2.75, 3.05) is 6.61 Å². The number of sulfonamides is 1. The Morgan fingerprint density at radius 3 is 2.15 bits per heavy atom. The number of hydrogen-bond donors (Lipinski definition) is 2. The summed E-state index contributed by atoms with van der Waals surface area (Å²) in [6.07, 6.45) is 2.45. The van der Waals surface area contributed by atoms with Gasteiger partial charge in [-0.1, -0.05) is 38.8 Å². The van der Waals surface area contributed by atoms with Crippen LogP contribution >= 0.6 is 0 Å². The van der Waals surface area contributed by atoms with E-state index in [1.165, 1.54) is 0 Å². The van der Waals surface area contributed by atoms with Crippen LogP contribution in [0.2, 0.25) is 0 Å². The molecule has 0 bridgehead atoms. The topological polar surface area (TPSA) is 66.4 Å². The van der Waals surface area contributed by atoms with Crippen LogP contribution in [0.5, 0.6) is 0 Å². The minimum atomic E-state index is -3.47. The second-order valence-electron chi connectivity index (χ2n) is 5.10. The van der Waals surface area contributed by atoms with Crippen molar-refractivity contribution in [3.63, 3.8) is 0 Å². The summed E-state index contributed by atoms with van der Waals surface area (Å²) in [5, 5.41) is 8.85. The fourth-order valence-electron chi connectivity index (χ4n) is 2.37. The van der Waals surface area contributed by atoms with Crippen LogP contribution in [0.1, 0.15) is 39.2 Å². The van der Waals surface area contributed by atoms with E-state index in [4.69, 9.17) is 5.11 Å². The van der Waals surface area contributed by atoms with Crippen LogP contribution in [0.25, 0.3) is 0 Å². The third-order valence-corrected chi connectivity index (χ3v) is 5.31. The molecule has 0 aliphatic carbocycles. The average molecular weight is 299 g/mol. The molecule has 0 saturated carbocycles. The van der Waals surface area contributed by atoms with Crippen LogP contribution in [-0.2, 0) is 16.4 Å². The standard InChI is InChI=1S/C15H25NO3S/c1-4-14(5-2)12(3)16-20(18,19)15-8-6-13(7-9-15)10-11-17/h6-9,12,14,16-17H,4-5,10-11H2,1-3H3. The normalized spacial score (nSPS) is 13.7. The zero-order valence-electron chi connectivity index (χ0n) is 12.5. The van der Waals surface area contributed by atoms with Crippen molar-refractivity contribution in [2.24, 2.45) is 5.92 Å². The van der Waals surface area contributed by atoms with Crippen molar-refractivity contribution in [2.45, 2.75) is 51.0 Å². The summed E-state index contributed by atoms with van der Waals surface area (Å²) in [6, 6.07) is 6.59. The number of aliphatic hydroxyl groups excluding tert-OH is 1. The molecule has 1 rings (SSSR count). The second kappa shape index (κ2) is 7.76. The molecule has 5 heteroatoms. The first-order valence-electron chi connectivity index (χ1n) is 7.16. The van der Waals surface area contributed by atoms with Gasteiger partial charge in [-0.2, -0.15) is 0 Å². The SMILES string of the molecule is CCC(CC)C(C)NS(=O)(=O)c1ccc(CCO)cc1. The molecule has 1 aromatic carbocycles. The predicted molar refractivity (Wildman–Crippen MR) is 81.1 cm³/mol. The second-order valence-corrected chi connectivity index (χ2v) is 6.82. The van der Waals surface area contributed by atoms with Gasteiger partial charge in [-0.05, 0) is 37.0 Å². The highest BCUT2D eigenvalue weighted by atomic mass is 32.2. The minimum Gasteiger partial charge on any atom is -0.396 e. The molecule has 0 fully saturated rings. The fraction of sp³-hybridized carbons (Fsp3) is 0.600. The minimum absolute atomic E-state index is 0.0655. The van der Waals surface area contributed by atoms with Gasteiger partial charge in [-0.3, -0.25) is 0 Å². The maximum atomic E-state index is 12.3. The van der Waals surface area contributed by atoms with Gasteiger partial charge in [-0.25, -0.2) is 13.1 Å². The first kappa shape index (κ1) is 17.1. The number of benzene rings is 1. The zero-order chi connectivity index (χ0) is 15.2. The summed E-state index contributed by atoms with van der Waals surface area (Å²) < 4.78 is 27.3. The van der Waals surface area contributed by atoms with Crippen LogP contribution in [0.3, 0.4) is 0 Å². The van der Waals surface area contributed by atoms with Crippen LogP contribution in [-0.4, -0.2) is 26.2 Å². The summed E-state index contributed by atoms with van der Waals surface area (Å²) in [5.74, 6) is 0.346. The van der Waals surface area contributed by atoms with E-state index in [1.807, 2.05) is 6.92 Å². The number of nitrogens with one attached hydrogen (secondary N) is 1. The molecule has 0 heterocycles. The highest BCUT2D eigenvalue weighted by Gasteiger charge is 2.21. The van der Waals surface area contributed by atoms with Crippen molar-refractivity contribution in [1.82, 2.24) is 4.72 Å². The summed E-state index contributed by atoms with van der Waals surface area (Å²) >= 11 is 0. The molecular weight excluding hydrogens is 274 g/mol. The van der Waals surface area contributed by atoms with Crippen LogP contribution < -0.4 is 4.72 Å². The summed E-state index contributed by atoms with van der Waals surface area (Å²) in [6.45, 7) is 6.12. The quantitative estimate of drug-likeness (QED) is 0.774. The van der Waals surface area contributed by atoms with Crippen LogP contribution in [0.4, 0.5) is 0 Å². The van der Waals surface area contributed by atoms with E-state index in [1.54, 1.807) is 24.3 Å². The van der Waals surface area contributed by atoms with Gasteiger partial charge < -0.3 is 5.11 Å². The maximum absolute atomic E-state index is 12.3. The zero-order valence-corrected chi connectivity index (χ0v) is 13.3. The molecule has 0 saturated heterocycles. The van der Waals surface area contributed by atoms with Gasteiger partial charge in [0.15, 0.2) is 0 Å². The molecule has 0 spiro atoms. The third-order valence-electron chi connectivity index (χ3n) is 3.73. The van der Waals surface area contributed by atoms with E-state index in [2.05, 4.69) is 18.6 Å². The lowest BCUT2D eigenvalue weighted by Crippen LogP contribution is -2.37. The van der Waals surface area contributed by atoms with E-state index >= 15 is 0 Å². The van der Waals surface area contributed by atoms with Gasteiger partial charge >= 0.3 is 0 Å². The summed E-state index contributed by atoms with van der Waals surface area (Å²) in [4.78, 5) is 0.275. The molecule has 1 unspecified atom stereocenters. The largest absolute Gasteiger partial charge is 0.396 e. The van der Waals surface area contributed by atoms with E-state index in [0.717, 1.165) is 18.4 Å². The van der Waals surface area contributed by atoms with E-state index in [0.29, 0.717) is 12.3 Å². The Hall–Kier alpha value is -0.910. The molecule has 0 aliphatic rings. The molecule has 1 aromatic rings. The number of aliphatic hydroxyl groups is 1. The summed E-state index contributed by atoms with van der Waals surface area (Å²) in [5.41, 5.74) is 0.930. The molecule has 2 N–H and O–H groups in total. The number of hydrogen-bond acceptors (Lipinski definition) is 3. The first-order valence-corrected chi connectivity index (χ1v) is 8.65. The molecule has 0 aliphatic heterocycles. The molecular formula is C15H25NO3S. The van der Waals surface area contributed by atoms with Crippen molar-refractivity contribution in [1.29, 1.82) is 0 Å². The highest BCUT2D eigenvalue weighted by molar-refractivity contribution is 7.89. The molecule has 1 atom stereocenters. The van der Waals surface area contributed by atoms with Crippen molar-refractivity contribution < 1.29 is 13.5 Å². The highest BCUT2D eigenvalue weighted by Crippen LogP contribution is 2.17. The van der Waals surface area contributed by atoms with Gasteiger partial charge in [0.25, 0.3) is 0 Å². The van der Waals surface area contributed by atoms with E-state index in [-0.39, 0.29) is 17.5 Å². The van der Waals surface area contributed by atoms with Crippen LogP contribution in [0, 0.1) is 5.92 Å². The Morgan fingerprint density at radius 2 is 1.70 bits per heavy atom. The Kier molecular flexibility index (Phi) is 6.65. The molecule has 114 valence electrons. The molecule has 0 aromatic heterocycles. The average Bonchev–Trinajstić information content (AvgIpc) is 2.40. The summed E-state index contributed by atoms with van der Waals surface area (Å²) in [7, 11) is -3.47. The Balaban J connectivity index is 2.82. The van der Waals surface area contributed by atoms with Gasteiger partial charge in [0.2, 0.25) is 10.0 Å². The van der Waals surface area contributed by atoms with E-state index < -0.39 is 10.0 Å². The molecule has 4 nitrogen and oxygen atoms in total. The molecule has 0 amide bonds. The molecule has 0 radical (unpaired) electrons. The van der Waals surface area contributed by atoms with Gasteiger partial charge in [-0.15, -0.1) is 0 Å². The third kappa shape index (κ3) is 4.58. The van der Waals surface area contributed by atoms with Gasteiger partial charge in [0, 0.05) is 12.6 Å². The lowest BCUT2D eigenvalue weighted by atomic mass is 9.96. The number of rotatable bonds is 8. The van der Waals surface area contributed by atoms with Crippen molar-refractivity contribution in [3.8, 4) is 0 Å². The Labute approximate surface area is 122 Å². The molecule has 20 heavy (non-hydrogen) atoms. The van der Waals surface area contributed by atoms with Gasteiger partial charge in [0.05, 0.1) is 4.90 Å². The van der Waals surface area contributed by atoms with Crippen molar-refractivity contribution >= 4 is 10.0 Å². The Bertz CT molecular complexity index is 492. The van der Waals surface area contributed by atoms with Gasteiger partial charge in [0.1, 0.15) is 0 Å². The predicted octanol–water partition coefficient (Wildman–Crippen LogP) is 2.32. The fourth-order valence-corrected chi connectivity index (χ4v) is 3.68. The van der Waals surface area contributed by atoms with Crippen molar-refractivity contribution in [3.05, 3.63) is 29.8 Å². The smallest absolute Gasteiger partial charge is 0.240 e. The monoisotopic (exact) mass is 299 g/mol.